The molecule has 1 fully saturated rings. The monoisotopic (exact) mass is 299 g/mol. The molecule has 0 aromatic heterocycles. The molecular weight excluding hydrogens is 281 g/mol. The van der Waals surface area contributed by atoms with Crippen molar-refractivity contribution in [2.45, 2.75) is 18.3 Å². The molecule has 1 aliphatic rings. The number of carbonyl (C=O) groups excluding carboxylic acids is 1. The Bertz CT molecular complexity index is 678. The number of hydrogen-bond acceptors (Lipinski definition) is 2. The number of nitrogens with one attached hydrogen (secondary N) is 1. The van der Waals surface area contributed by atoms with Crippen molar-refractivity contribution in [2.24, 2.45) is 0 Å². The van der Waals surface area contributed by atoms with E-state index in [1.807, 2.05) is 18.2 Å². The van der Waals surface area contributed by atoms with Gasteiger partial charge in [-0.1, -0.05) is 18.2 Å². The van der Waals surface area contributed by atoms with Crippen molar-refractivity contribution in [1.29, 1.82) is 0 Å². The second kappa shape index (κ2) is 5.79. The molecular formula is C18H18FNO2. The highest BCUT2D eigenvalue weighted by molar-refractivity contribution is 5.94. The molecule has 1 N–H and O–H groups in total. The summed E-state index contributed by atoms with van der Waals surface area (Å²) in [4.78, 5) is 12.2. The molecule has 0 radical (unpaired) electrons. The van der Waals surface area contributed by atoms with Crippen molar-refractivity contribution >= 4 is 5.91 Å². The molecule has 1 amide bonds. The van der Waals surface area contributed by atoms with Gasteiger partial charge >= 0.3 is 0 Å². The Kier molecular flexibility index (Phi) is 3.84. The van der Waals surface area contributed by atoms with E-state index >= 15 is 0 Å². The third-order valence-electron chi connectivity index (χ3n) is 4.23. The summed E-state index contributed by atoms with van der Waals surface area (Å²) in [7, 11) is 1.66. The molecule has 4 heteroatoms. The van der Waals surface area contributed by atoms with Gasteiger partial charge in [0.05, 0.1) is 7.11 Å². The quantitative estimate of drug-likeness (QED) is 0.920. The zero-order valence-electron chi connectivity index (χ0n) is 12.4. The molecule has 0 saturated heterocycles. The maximum absolute atomic E-state index is 12.9. The number of benzene rings is 2. The van der Waals surface area contributed by atoms with Gasteiger partial charge in [-0.05, 0) is 43.2 Å². The lowest BCUT2D eigenvalue weighted by molar-refractivity contribution is 0.0949. The molecule has 3 rings (SSSR count). The number of methoxy groups -OCH3 is 1. The normalized spacial score (nSPS) is 15.2. The van der Waals surface area contributed by atoms with Crippen molar-refractivity contribution in [1.82, 2.24) is 5.32 Å². The molecule has 2 aromatic rings. The fraction of sp³-hybridized carbons (Fsp3) is 0.278. The van der Waals surface area contributed by atoms with Crippen LogP contribution in [0, 0.1) is 5.82 Å². The zero-order chi connectivity index (χ0) is 15.6. The molecule has 1 aliphatic carbocycles. The third-order valence-corrected chi connectivity index (χ3v) is 4.23. The van der Waals surface area contributed by atoms with E-state index in [-0.39, 0.29) is 17.1 Å². The summed E-state index contributed by atoms with van der Waals surface area (Å²) in [6, 6.07) is 13.5. The zero-order valence-corrected chi connectivity index (χ0v) is 12.4. The molecule has 0 heterocycles. The number of amides is 1. The Labute approximate surface area is 129 Å². The molecule has 3 nitrogen and oxygen atoms in total. The smallest absolute Gasteiger partial charge is 0.251 e. The fourth-order valence-corrected chi connectivity index (χ4v) is 2.73. The van der Waals surface area contributed by atoms with E-state index < -0.39 is 0 Å². The van der Waals surface area contributed by atoms with E-state index in [0.717, 1.165) is 24.2 Å². The van der Waals surface area contributed by atoms with E-state index in [2.05, 4.69) is 11.4 Å². The van der Waals surface area contributed by atoms with E-state index in [9.17, 15) is 9.18 Å². The highest BCUT2D eigenvalue weighted by atomic mass is 19.1. The van der Waals surface area contributed by atoms with Gasteiger partial charge in [0.1, 0.15) is 11.6 Å². The van der Waals surface area contributed by atoms with Gasteiger partial charge < -0.3 is 10.1 Å². The second-order valence-electron chi connectivity index (χ2n) is 5.67. The van der Waals surface area contributed by atoms with E-state index in [1.54, 1.807) is 7.11 Å². The third kappa shape index (κ3) is 2.82. The SMILES string of the molecule is COc1ccccc1C1(CNC(=O)c2ccc(F)cc2)CC1. The standard InChI is InChI=1S/C18H18FNO2/c1-22-16-5-3-2-4-15(16)18(10-11-18)12-20-17(21)13-6-8-14(19)9-7-13/h2-9H,10-12H2,1H3,(H,20,21). The average Bonchev–Trinajstić information content (AvgIpc) is 3.34. The van der Waals surface area contributed by atoms with E-state index in [0.29, 0.717) is 12.1 Å². The topological polar surface area (TPSA) is 38.3 Å². The predicted octanol–water partition coefficient (Wildman–Crippen LogP) is 3.30. The number of halogens is 1. The fourth-order valence-electron chi connectivity index (χ4n) is 2.73. The lowest BCUT2D eigenvalue weighted by Gasteiger charge is -2.19. The van der Waals surface area contributed by atoms with Crippen LogP contribution < -0.4 is 10.1 Å². The molecule has 114 valence electrons. The molecule has 0 spiro atoms. The predicted molar refractivity (Wildman–Crippen MR) is 82.6 cm³/mol. The molecule has 22 heavy (non-hydrogen) atoms. The largest absolute Gasteiger partial charge is 0.496 e. The van der Waals surface area contributed by atoms with Crippen LogP contribution in [-0.2, 0) is 5.41 Å². The van der Waals surface area contributed by atoms with Gasteiger partial charge in [0, 0.05) is 23.1 Å². The maximum atomic E-state index is 12.9. The van der Waals surface area contributed by atoms with E-state index in [4.69, 9.17) is 4.74 Å². The van der Waals surface area contributed by atoms with Gasteiger partial charge in [0.2, 0.25) is 0 Å². The van der Waals surface area contributed by atoms with Crippen LogP contribution >= 0.6 is 0 Å². The molecule has 0 unspecified atom stereocenters. The van der Waals surface area contributed by atoms with Gasteiger partial charge in [-0.3, -0.25) is 4.79 Å². The molecule has 0 atom stereocenters. The van der Waals surface area contributed by atoms with Crippen LogP contribution in [0.5, 0.6) is 5.75 Å². The van der Waals surface area contributed by atoms with Crippen molar-refractivity contribution in [3.8, 4) is 5.75 Å². The summed E-state index contributed by atoms with van der Waals surface area (Å²) in [5.41, 5.74) is 1.57. The van der Waals surface area contributed by atoms with Crippen LogP contribution in [0.1, 0.15) is 28.8 Å². The Hall–Kier alpha value is -2.36. The lowest BCUT2D eigenvalue weighted by Crippen LogP contribution is -2.32. The minimum absolute atomic E-state index is 0.0394. The van der Waals surface area contributed by atoms with Crippen molar-refractivity contribution in [3.63, 3.8) is 0 Å². The Morgan fingerprint density at radius 2 is 1.86 bits per heavy atom. The summed E-state index contributed by atoms with van der Waals surface area (Å²) in [6.07, 6.45) is 2.05. The summed E-state index contributed by atoms with van der Waals surface area (Å²) in [5.74, 6) is 0.335. The number of hydrogen-bond donors (Lipinski definition) is 1. The van der Waals surface area contributed by atoms with E-state index in [1.165, 1.54) is 24.3 Å². The maximum Gasteiger partial charge on any atom is 0.251 e. The van der Waals surface area contributed by atoms with Gasteiger partial charge in [-0.25, -0.2) is 4.39 Å². The van der Waals surface area contributed by atoms with Gasteiger partial charge in [0.15, 0.2) is 0 Å². The minimum atomic E-state index is -0.343. The van der Waals surface area contributed by atoms with Crippen LogP contribution in [-0.4, -0.2) is 19.6 Å². The van der Waals surface area contributed by atoms with Crippen LogP contribution in [0.3, 0.4) is 0 Å². The van der Waals surface area contributed by atoms with Crippen molar-refractivity contribution < 1.29 is 13.9 Å². The molecule has 0 bridgehead atoms. The minimum Gasteiger partial charge on any atom is -0.496 e. The summed E-state index contributed by atoms with van der Waals surface area (Å²) < 4.78 is 18.3. The van der Waals surface area contributed by atoms with Crippen molar-refractivity contribution in [2.75, 3.05) is 13.7 Å². The Morgan fingerprint density at radius 1 is 1.18 bits per heavy atom. The molecule has 0 aliphatic heterocycles. The van der Waals surface area contributed by atoms with Crippen LogP contribution in [0.15, 0.2) is 48.5 Å². The molecule has 1 saturated carbocycles. The number of ether oxygens (including phenoxy) is 1. The second-order valence-corrected chi connectivity index (χ2v) is 5.67. The van der Waals surface area contributed by atoms with Gasteiger partial charge in [0.25, 0.3) is 5.91 Å². The first-order chi connectivity index (χ1) is 10.6. The first-order valence-corrected chi connectivity index (χ1v) is 7.32. The first-order valence-electron chi connectivity index (χ1n) is 7.32. The van der Waals surface area contributed by atoms with Crippen molar-refractivity contribution in [3.05, 3.63) is 65.5 Å². The first kappa shape index (κ1) is 14.6. The summed E-state index contributed by atoms with van der Waals surface area (Å²) in [5, 5.41) is 2.95. The van der Waals surface area contributed by atoms with Gasteiger partial charge in [-0.2, -0.15) is 0 Å². The summed E-state index contributed by atoms with van der Waals surface area (Å²) in [6.45, 7) is 0.559. The summed E-state index contributed by atoms with van der Waals surface area (Å²) >= 11 is 0. The van der Waals surface area contributed by atoms with Gasteiger partial charge in [-0.15, -0.1) is 0 Å². The van der Waals surface area contributed by atoms with Crippen LogP contribution in [0.25, 0.3) is 0 Å². The lowest BCUT2D eigenvalue weighted by atomic mass is 9.94. The number of carbonyl (C=O) groups is 1. The highest BCUT2D eigenvalue weighted by Gasteiger charge is 2.46. The Morgan fingerprint density at radius 3 is 2.50 bits per heavy atom. The average molecular weight is 299 g/mol. The molecule has 2 aromatic carbocycles. The van der Waals surface area contributed by atoms with Crippen LogP contribution in [0.2, 0.25) is 0 Å². The number of rotatable bonds is 5. The number of para-hydroxylation sites is 1. The highest BCUT2D eigenvalue weighted by Crippen LogP contribution is 2.50. The Balaban J connectivity index is 1.70. The van der Waals surface area contributed by atoms with Crippen LogP contribution in [0.4, 0.5) is 4.39 Å².